The smallest absolute Gasteiger partial charge is 0.451 e. The van der Waals surface area contributed by atoms with E-state index in [9.17, 15) is 13.2 Å². The Morgan fingerprint density at radius 3 is 2.60 bits per heavy atom. The Morgan fingerprint density at radius 2 is 1.89 bits per heavy atom. The third-order valence-electron chi connectivity index (χ3n) is 8.21. The number of likely N-dealkylation sites (tertiary alicyclic amines) is 1. The largest absolute Gasteiger partial charge is 0.471 e. The van der Waals surface area contributed by atoms with Crippen molar-refractivity contribution in [2.24, 2.45) is 0 Å². The summed E-state index contributed by atoms with van der Waals surface area (Å²) in [6.07, 6.45) is -0.0748. The molecule has 0 spiro atoms. The van der Waals surface area contributed by atoms with Crippen LogP contribution in [0.2, 0.25) is 0 Å². The molecule has 2 aliphatic rings. The first-order valence-corrected chi connectivity index (χ1v) is 14.9. The summed E-state index contributed by atoms with van der Waals surface area (Å²) in [5.74, 6) is 0.439. The van der Waals surface area contributed by atoms with Crippen LogP contribution in [0.1, 0.15) is 53.9 Å². The highest BCUT2D eigenvalue weighted by Gasteiger charge is 2.35. The van der Waals surface area contributed by atoms with Crippen molar-refractivity contribution in [3.63, 3.8) is 0 Å². The highest BCUT2D eigenvalue weighted by Crippen LogP contribution is 2.31. The van der Waals surface area contributed by atoms with Crippen molar-refractivity contribution in [2.75, 3.05) is 19.7 Å². The Labute approximate surface area is 256 Å². The first kappa shape index (κ1) is 29.2. The Bertz CT molecular complexity index is 1780. The average Bonchev–Trinajstić information content (AvgIpc) is 3.64. The number of pyridine rings is 2. The molecule has 0 unspecified atom stereocenters. The topological polar surface area (TPSA) is 133 Å². The van der Waals surface area contributed by atoms with Crippen LogP contribution in [0.25, 0.3) is 22.6 Å². The minimum absolute atomic E-state index is 0.0903. The lowest BCUT2D eigenvalue weighted by atomic mass is 9.93. The number of nitrogens with zero attached hydrogens (tertiary/aromatic N) is 9. The van der Waals surface area contributed by atoms with Gasteiger partial charge >= 0.3 is 6.18 Å². The number of hydrogen-bond donors (Lipinski definition) is 1. The summed E-state index contributed by atoms with van der Waals surface area (Å²) in [6.45, 7) is 5.90. The SMILES string of the molecule is Cc1ccc(COc2cccc(C3CCN(Cc4nc5cc(-c6n[nH]c(C(F)(F)F)n6)ncc5n4C[C@@H]4CCO4)CC3)n2)nn1. The molecule has 2 aliphatic heterocycles. The molecule has 0 saturated carbocycles. The van der Waals surface area contributed by atoms with Gasteiger partial charge in [0.2, 0.25) is 11.7 Å². The van der Waals surface area contributed by atoms with Crippen molar-refractivity contribution in [3.8, 4) is 17.4 Å². The van der Waals surface area contributed by atoms with Gasteiger partial charge in [-0.3, -0.25) is 15.0 Å². The third-order valence-corrected chi connectivity index (χ3v) is 8.21. The number of piperidine rings is 1. The van der Waals surface area contributed by atoms with E-state index in [0.717, 1.165) is 67.4 Å². The molecule has 15 heteroatoms. The number of alkyl halides is 3. The van der Waals surface area contributed by atoms with Crippen molar-refractivity contribution >= 4 is 11.0 Å². The van der Waals surface area contributed by atoms with Crippen LogP contribution in [-0.4, -0.2) is 75.6 Å². The molecule has 0 aliphatic carbocycles. The van der Waals surface area contributed by atoms with Gasteiger partial charge in [0.25, 0.3) is 0 Å². The summed E-state index contributed by atoms with van der Waals surface area (Å²) in [5, 5.41) is 13.9. The van der Waals surface area contributed by atoms with Gasteiger partial charge in [-0.25, -0.2) is 15.0 Å². The molecule has 7 rings (SSSR count). The molecule has 1 atom stereocenters. The van der Waals surface area contributed by atoms with Crippen LogP contribution in [-0.2, 0) is 30.6 Å². The summed E-state index contributed by atoms with van der Waals surface area (Å²) in [7, 11) is 0. The zero-order valence-corrected chi connectivity index (χ0v) is 24.5. The number of fused-ring (bicyclic) bond motifs is 1. The first-order valence-electron chi connectivity index (χ1n) is 14.9. The van der Waals surface area contributed by atoms with Gasteiger partial charge in [0.05, 0.1) is 42.1 Å². The Morgan fingerprint density at radius 1 is 1.04 bits per heavy atom. The molecule has 2 saturated heterocycles. The van der Waals surface area contributed by atoms with Crippen LogP contribution in [0, 0.1) is 6.92 Å². The van der Waals surface area contributed by atoms with Gasteiger partial charge in [-0.15, -0.1) is 0 Å². The lowest BCUT2D eigenvalue weighted by Gasteiger charge is -2.32. The molecule has 2 fully saturated rings. The molecule has 0 aromatic carbocycles. The van der Waals surface area contributed by atoms with Gasteiger partial charge in [0.1, 0.15) is 23.8 Å². The van der Waals surface area contributed by atoms with Gasteiger partial charge in [-0.2, -0.15) is 28.5 Å². The normalized spacial score (nSPS) is 17.9. The quantitative estimate of drug-likeness (QED) is 0.252. The fraction of sp³-hybridized carbons (Fsp3) is 0.433. The monoisotopic (exact) mass is 620 g/mol. The van der Waals surface area contributed by atoms with Gasteiger partial charge in [-0.05, 0) is 63.5 Å². The number of hydrogen-bond acceptors (Lipinski definition) is 10. The zero-order chi connectivity index (χ0) is 31.0. The highest BCUT2D eigenvalue weighted by atomic mass is 19.4. The first-order chi connectivity index (χ1) is 21.8. The summed E-state index contributed by atoms with van der Waals surface area (Å²) in [4.78, 5) is 20.0. The summed E-state index contributed by atoms with van der Waals surface area (Å²) < 4.78 is 52.9. The van der Waals surface area contributed by atoms with Gasteiger partial charge < -0.3 is 14.0 Å². The molecule has 5 aromatic heterocycles. The lowest BCUT2D eigenvalue weighted by molar-refractivity contribution is -0.144. The summed E-state index contributed by atoms with van der Waals surface area (Å²) >= 11 is 0. The minimum Gasteiger partial charge on any atom is -0.471 e. The number of nitrogens with one attached hydrogen (secondary N) is 1. The van der Waals surface area contributed by atoms with Crippen LogP contribution < -0.4 is 4.74 Å². The molecule has 0 radical (unpaired) electrons. The molecule has 0 amide bonds. The van der Waals surface area contributed by atoms with Crippen molar-refractivity contribution in [3.05, 3.63) is 71.3 Å². The van der Waals surface area contributed by atoms with E-state index >= 15 is 0 Å². The van der Waals surface area contributed by atoms with Crippen molar-refractivity contribution in [1.82, 2.24) is 49.8 Å². The predicted octanol–water partition coefficient (Wildman–Crippen LogP) is 4.48. The van der Waals surface area contributed by atoms with E-state index in [-0.39, 0.29) is 17.6 Å². The number of aryl methyl sites for hydroxylation is 1. The van der Waals surface area contributed by atoms with Crippen LogP contribution in [0.5, 0.6) is 5.88 Å². The van der Waals surface area contributed by atoms with E-state index in [2.05, 4.69) is 34.7 Å². The van der Waals surface area contributed by atoms with Crippen molar-refractivity contribution < 1.29 is 22.6 Å². The maximum absolute atomic E-state index is 13.0. The number of ether oxygens (including phenoxy) is 2. The molecule has 7 heterocycles. The van der Waals surface area contributed by atoms with Crippen LogP contribution in [0.15, 0.2) is 42.6 Å². The lowest BCUT2D eigenvalue weighted by Crippen LogP contribution is -2.35. The van der Waals surface area contributed by atoms with Crippen LogP contribution in [0.4, 0.5) is 13.2 Å². The molecular weight excluding hydrogens is 589 g/mol. The molecule has 1 N–H and O–H groups in total. The number of imidazole rings is 1. The van der Waals surface area contributed by atoms with E-state index in [4.69, 9.17) is 19.4 Å². The van der Waals surface area contributed by atoms with Crippen molar-refractivity contribution in [2.45, 2.75) is 64.1 Å². The maximum Gasteiger partial charge on any atom is 0.451 e. The summed E-state index contributed by atoms with van der Waals surface area (Å²) in [5.41, 5.74) is 4.25. The fourth-order valence-electron chi connectivity index (χ4n) is 5.63. The molecule has 0 bridgehead atoms. The van der Waals surface area contributed by atoms with E-state index in [1.54, 1.807) is 12.3 Å². The Balaban J connectivity index is 1.03. The number of rotatable bonds is 9. The molecule has 45 heavy (non-hydrogen) atoms. The molecule has 12 nitrogen and oxygen atoms in total. The van der Waals surface area contributed by atoms with E-state index in [1.165, 1.54) is 0 Å². The van der Waals surface area contributed by atoms with Gasteiger partial charge in [0.15, 0.2) is 5.82 Å². The van der Waals surface area contributed by atoms with E-state index in [1.807, 2.05) is 42.4 Å². The van der Waals surface area contributed by atoms with E-state index < -0.39 is 12.0 Å². The second-order valence-electron chi connectivity index (χ2n) is 11.4. The van der Waals surface area contributed by atoms with Crippen LogP contribution >= 0.6 is 0 Å². The molecule has 5 aromatic rings. The van der Waals surface area contributed by atoms with Crippen LogP contribution in [0.3, 0.4) is 0 Å². The number of H-pyrrole nitrogens is 1. The van der Waals surface area contributed by atoms with Crippen molar-refractivity contribution in [1.29, 1.82) is 0 Å². The second kappa shape index (κ2) is 12.1. The highest BCUT2D eigenvalue weighted by molar-refractivity contribution is 5.78. The van der Waals surface area contributed by atoms with Gasteiger partial charge in [0, 0.05) is 24.3 Å². The standard InChI is InChI=1S/C30H31F3N10O2/c1-18-5-6-20(39-38-18)17-45-27-4-2-3-22(36-27)19-7-10-42(11-8-19)16-26-35-23-13-24(28-37-29(41-40-28)30(31,32)33)34-14-25(23)43(26)15-21-9-12-44-21/h2-6,13-14,19,21H,7-12,15-17H2,1H3,(H,37,40,41)/t21-/m0/s1. The fourth-order valence-corrected chi connectivity index (χ4v) is 5.63. The molecular formula is C30H31F3N10O2. The zero-order valence-electron chi connectivity index (χ0n) is 24.5. The maximum atomic E-state index is 13.0. The number of aromatic amines is 1. The summed E-state index contributed by atoms with van der Waals surface area (Å²) in [6, 6.07) is 11.3. The predicted molar refractivity (Wildman–Crippen MR) is 155 cm³/mol. The molecule has 234 valence electrons. The number of halogens is 3. The van der Waals surface area contributed by atoms with E-state index in [0.29, 0.717) is 37.0 Å². The minimum atomic E-state index is -4.62. The third kappa shape index (κ3) is 6.49. The average molecular weight is 621 g/mol. The number of aromatic nitrogens is 9. The Hall–Kier alpha value is -4.50. The van der Waals surface area contributed by atoms with Gasteiger partial charge in [-0.1, -0.05) is 6.07 Å². The Kier molecular flexibility index (Phi) is 7.87. The second-order valence-corrected chi connectivity index (χ2v) is 11.4.